The summed E-state index contributed by atoms with van der Waals surface area (Å²) in [5.41, 5.74) is 3.07. The fourth-order valence-electron chi connectivity index (χ4n) is 2.57. The average Bonchev–Trinajstić information content (AvgIpc) is 3.13. The first-order valence-electron chi connectivity index (χ1n) is 7.62. The molecule has 1 aromatic heterocycles. The fraction of sp³-hybridized carbons (Fsp3) is 0.500. The van der Waals surface area contributed by atoms with Gasteiger partial charge in [-0.25, -0.2) is 4.98 Å². The largest absolute Gasteiger partial charge is 0.376 e. The number of fused-ring (bicyclic) bond motifs is 1. The van der Waals surface area contributed by atoms with Crippen LogP contribution in [0.25, 0.3) is 11.0 Å². The first-order chi connectivity index (χ1) is 10.7. The molecule has 1 aromatic carbocycles. The number of hydrogen-bond donors (Lipinski definition) is 2. The number of amides is 1. The standard InChI is InChI=1S/C16H21N3O3/c1-11-4-5-13-14(7-11)19-15(18-13)9-21-10-16(20)17-8-12-3-2-6-22-12/h4-5,7,12H,2-3,6,8-10H2,1H3,(H,17,20)(H,18,19)/t12-/m0/s1. The van der Waals surface area contributed by atoms with E-state index in [1.807, 2.05) is 25.1 Å². The number of ether oxygens (including phenoxy) is 2. The Bertz CT molecular complexity index is 647. The van der Waals surface area contributed by atoms with Crippen LogP contribution in [0, 0.1) is 6.92 Å². The van der Waals surface area contributed by atoms with Crippen molar-refractivity contribution in [3.05, 3.63) is 29.6 Å². The maximum Gasteiger partial charge on any atom is 0.246 e. The molecule has 1 saturated heterocycles. The zero-order chi connectivity index (χ0) is 15.4. The summed E-state index contributed by atoms with van der Waals surface area (Å²) < 4.78 is 10.9. The van der Waals surface area contributed by atoms with E-state index < -0.39 is 0 Å². The van der Waals surface area contributed by atoms with Crippen LogP contribution in [0.4, 0.5) is 0 Å². The molecule has 1 aliphatic heterocycles. The second kappa shape index (κ2) is 6.89. The molecule has 0 aliphatic carbocycles. The lowest BCUT2D eigenvalue weighted by Crippen LogP contribution is -2.34. The van der Waals surface area contributed by atoms with Gasteiger partial charge in [0.2, 0.25) is 5.91 Å². The molecule has 2 N–H and O–H groups in total. The number of aromatic nitrogens is 2. The minimum atomic E-state index is -0.123. The Balaban J connectivity index is 1.42. The highest BCUT2D eigenvalue weighted by Gasteiger charge is 2.16. The molecular weight excluding hydrogens is 282 g/mol. The van der Waals surface area contributed by atoms with Crippen molar-refractivity contribution in [1.29, 1.82) is 0 Å². The van der Waals surface area contributed by atoms with E-state index in [0.29, 0.717) is 13.2 Å². The number of rotatable bonds is 6. The third-order valence-electron chi connectivity index (χ3n) is 3.71. The summed E-state index contributed by atoms with van der Waals surface area (Å²) in [6, 6.07) is 6.03. The molecular formula is C16H21N3O3. The van der Waals surface area contributed by atoms with Crippen molar-refractivity contribution in [2.24, 2.45) is 0 Å². The molecule has 0 saturated carbocycles. The molecule has 118 valence electrons. The second-order valence-corrected chi connectivity index (χ2v) is 5.64. The Labute approximate surface area is 129 Å². The van der Waals surface area contributed by atoms with E-state index >= 15 is 0 Å². The molecule has 1 fully saturated rings. The van der Waals surface area contributed by atoms with Gasteiger partial charge in [-0.2, -0.15) is 0 Å². The van der Waals surface area contributed by atoms with Gasteiger partial charge in [-0.05, 0) is 37.5 Å². The van der Waals surface area contributed by atoms with Gasteiger partial charge in [-0.1, -0.05) is 6.07 Å². The van der Waals surface area contributed by atoms with E-state index in [-0.39, 0.29) is 18.6 Å². The third-order valence-corrected chi connectivity index (χ3v) is 3.71. The molecule has 0 radical (unpaired) electrons. The first kappa shape index (κ1) is 15.0. The summed E-state index contributed by atoms with van der Waals surface area (Å²) in [5.74, 6) is 0.606. The van der Waals surface area contributed by atoms with Gasteiger partial charge in [-0.3, -0.25) is 4.79 Å². The van der Waals surface area contributed by atoms with Crippen molar-refractivity contribution in [3.63, 3.8) is 0 Å². The molecule has 1 aliphatic rings. The number of nitrogens with one attached hydrogen (secondary N) is 2. The predicted molar refractivity (Wildman–Crippen MR) is 82.5 cm³/mol. The minimum absolute atomic E-state index is 0.0305. The van der Waals surface area contributed by atoms with Crippen LogP contribution in [-0.4, -0.2) is 41.7 Å². The number of hydrogen-bond acceptors (Lipinski definition) is 4. The summed E-state index contributed by atoms with van der Waals surface area (Å²) >= 11 is 0. The monoisotopic (exact) mass is 303 g/mol. The van der Waals surface area contributed by atoms with Gasteiger partial charge in [0.25, 0.3) is 0 Å². The maximum atomic E-state index is 11.7. The summed E-state index contributed by atoms with van der Waals surface area (Å²) in [7, 11) is 0. The smallest absolute Gasteiger partial charge is 0.246 e. The second-order valence-electron chi connectivity index (χ2n) is 5.64. The normalized spacial score (nSPS) is 18.0. The molecule has 0 spiro atoms. The van der Waals surface area contributed by atoms with Gasteiger partial charge in [0.15, 0.2) is 0 Å². The highest BCUT2D eigenvalue weighted by atomic mass is 16.5. The van der Waals surface area contributed by atoms with Crippen LogP contribution < -0.4 is 5.32 Å². The van der Waals surface area contributed by atoms with Gasteiger partial charge in [-0.15, -0.1) is 0 Å². The molecule has 2 heterocycles. The number of carbonyl (C=O) groups is 1. The van der Waals surface area contributed by atoms with Crippen LogP contribution in [0.5, 0.6) is 0 Å². The number of aromatic amines is 1. The number of aryl methyl sites for hydroxylation is 1. The zero-order valence-electron chi connectivity index (χ0n) is 12.7. The van der Waals surface area contributed by atoms with Crippen LogP contribution in [0.3, 0.4) is 0 Å². The van der Waals surface area contributed by atoms with Crippen molar-refractivity contribution in [1.82, 2.24) is 15.3 Å². The lowest BCUT2D eigenvalue weighted by atomic mass is 10.2. The summed E-state index contributed by atoms with van der Waals surface area (Å²) in [4.78, 5) is 19.3. The lowest BCUT2D eigenvalue weighted by molar-refractivity contribution is -0.126. The molecule has 3 rings (SSSR count). The minimum Gasteiger partial charge on any atom is -0.376 e. The van der Waals surface area contributed by atoms with E-state index in [1.54, 1.807) is 0 Å². The molecule has 2 aromatic rings. The van der Waals surface area contributed by atoms with Gasteiger partial charge >= 0.3 is 0 Å². The first-order valence-corrected chi connectivity index (χ1v) is 7.62. The number of carbonyl (C=O) groups excluding carboxylic acids is 1. The van der Waals surface area contributed by atoms with E-state index in [0.717, 1.165) is 36.3 Å². The van der Waals surface area contributed by atoms with Gasteiger partial charge < -0.3 is 19.8 Å². The summed E-state index contributed by atoms with van der Waals surface area (Å²) in [6.07, 6.45) is 2.24. The van der Waals surface area contributed by atoms with Crippen molar-refractivity contribution in [2.45, 2.75) is 32.5 Å². The molecule has 1 atom stereocenters. The van der Waals surface area contributed by atoms with Crippen LogP contribution >= 0.6 is 0 Å². The number of benzene rings is 1. The number of imidazole rings is 1. The Morgan fingerprint density at radius 1 is 1.55 bits per heavy atom. The quantitative estimate of drug-likeness (QED) is 0.851. The Morgan fingerprint density at radius 2 is 2.45 bits per heavy atom. The molecule has 6 heteroatoms. The maximum absolute atomic E-state index is 11.7. The molecule has 1 amide bonds. The Morgan fingerprint density at radius 3 is 3.27 bits per heavy atom. The molecule has 6 nitrogen and oxygen atoms in total. The van der Waals surface area contributed by atoms with E-state index in [1.165, 1.54) is 5.56 Å². The van der Waals surface area contributed by atoms with E-state index in [4.69, 9.17) is 9.47 Å². The Kier molecular flexibility index (Phi) is 4.70. The number of nitrogens with zero attached hydrogens (tertiary/aromatic N) is 1. The van der Waals surface area contributed by atoms with Gasteiger partial charge in [0.1, 0.15) is 19.0 Å². The molecule has 22 heavy (non-hydrogen) atoms. The highest BCUT2D eigenvalue weighted by molar-refractivity contribution is 5.77. The lowest BCUT2D eigenvalue weighted by Gasteiger charge is -2.10. The third kappa shape index (κ3) is 3.84. The van der Waals surface area contributed by atoms with Gasteiger partial charge in [0, 0.05) is 13.2 Å². The number of H-pyrrole nitrogens is 1. The van der Waals surface area contributed by atoms with Gasteiger partial charge in [0.05, 0.1) is 17.1 Å². The predicted octanol–water partition coefficient (Wildman–Crippen LogP) is 1.68. The van der Waals surface area contributed by atoms with Crippen LogP contribution in [0.1, 0.15) is 24.2 Å². The van der Waals surface area contributed by atoms with E-state index in [9.17, 15) is 4.79 Å². The summed E-state index contributed by atoms with van der Waals surface area (Å²) in [6.45, 7) is 3.72. The molecule has 0 unspecified atom stereocenters. The SMILES string of the molecule is Cc1ccc2nc(COCC(=O)NC[C@@H]3CCCO3)[nH]c2c1. The average molecular weight is 303 g/mol. The van der Waals surface area contributed by atoms with Crippen molar-refractivity contribution < 1.29 is 14.3 Å². The van der Waals surface area contributed by atoms with E-state index in [2.05, 4.69) is 15.3 Å². The van der Waals surface area contributed by atoms with Crippen LogP contribution in [0.2, 0.25) is 0 Å². The highest BCUT2D eigenvalue weighted by Crippen LogP contribution is 2.13. The topological polar surface area (TPSA) is 76.2 Å². The van der Waals surface area contributed by atoms with Crippen LogP contribution in [-0.2, 0) is 20.9 Å². The zero-order valence-corrected chi connectivity index (χ0v) is 12.7. The van der Waals surface area contributed by atoms with Crippen LogP contribution in [0.15, 0.2) is 18.2 Å². The summed E-state index contributed by atoms with van der Waals surface area (Å²) in [5, 5.41) is 2.83. The fourth-order valence-corrected chi connectivity index (χ4v) is 2.57. The van der Waals surface area contributed by atoms with Crippen molar-refractivity contribution >= 4 is 16.9 Å². The van der Waals surface area contributed by atoms with Crippen molar-refractivity contribution in [3.8, 4) is 0 Å². The Hall–Kier alpha value is -1.92. The molecule has 0 bridgehead atoms. The van der Waals surface area contributed by atoms with Crippen molar-refractivity contribution in [2.75, 3.05) is 19.8 Å².